The molecule has 1 spiro atoms. The van der Waals surface area contributed by atoms with Gasteiger partial charge in [0.2, 0.25) is 0 Å². The quantitative estimate of drug-likeness (QED) is 0.157. The predicted molar refractivity (Wildman–Crippen MR) is 261 cm³/mol. The highest BCUT2D eigenvalue weighted by Gasteiger charge is 2.51. The first-order valence-corrected chi connectivity index (χ1v) is 21.6. The van der Waals surface area contributed by atoms with E-state index >= 15 is 0 Å². The van der Waals surface area contributed by atoms with Crippen LogP contribution < -0.4 is 4.90 Å². The number of rotatable bonds is 5. The normalized spacial score (nSPS) is 13.0. The monoisotopic (exact) mass is 785 g/mol. The standard InChI is InChI=1S/C61H39N/c1-2-16-40(17-3-1)45-18-4-5-19-46(45)41-30-32-42(33-31-41)62(43-34-36-51-49-22-7-6-20-47(49)48-21-8-9-23-50(48)55(51)38-43)44-35-37-60-56(39-44)54-26-12-15-29-59(54)61(60)57-27-13-10-24-52(57)53-25-11-14-28-58(53)61/h1-39H. The van der Waals surface area contributed by atoms with Gasteiger partial charge in [-0.05, 0) is 135 Å². The lowest BCUT2D eigenvalue weighted by Crippen LogP contribution is -2.25. The summed E-state index contributed by atoms with van der Waals surface area (Å²) < 4.78 is 0. The predicted octanol–water partition coefficient (Wildman–Crippen LogP) is 16.3. The van der Waals surface area contributed by atoms with Gasteiger partial charge in [-0.1, -0.05) is 200 Å². The molecule has 0 aromatic heterocycles. The van der Waals surface area contributed by atoms with Gasteiger partial charge in [0.1, 0.15) is 0 Å². The van der Waals surface area contributed by atoms with Crippen LogP contribution in [0.4, 0.5) is 17.1 Å². The van der Waals surface area contributed by atoms with Crippen molar-refractivity contribution in [3.63, 3.8) is 0 Å². The average molecular weight is 786 g/mol. The van der Waals surface area contributed by atoms with Gasteiger partial charge in [0.15, 0.2) is 0 Å². The molecule has 0 N–H and O–H groups in total. The number of fused-ring (bicyclic) bond motifs is 16. The summed E-state index contributed by atoms with van der Waals surface area (Å²) in [6, 6.07) is 87.8. The van der Waals surface area contributed by atoms with Crippen LogP contribution in [0.15, 0.2) is 237 Å². The van der Waals surface area contributed by atoms with Crippen LogP contribution in [0.3, 0.4) is 0 Å². The Labute approximate surface area is 361 Å². The van der Waals surface area contributed by atoms with Crippen molar-refractivity contribution in [3.8, 4) is 44.5 Å². The summed E-state index contributed by atoms with van der Waals surface area (Å²) in [5.41, 5.74) is 18.4. The van der Waals surface area contributed by atoms with E-state index in [0.29, 0.717) is 0 Å². The minimum Gasteiger partial charge on any atom is -0.310 e. The molecule has 0 heterocycles. The Morgan fingerprint density at radius 1 is 0.226 bits per heavy atom. The lowest BCUT2D eigenvalue weighted by molar-refractivity contribution is 0.794. The SMILES string of the molecule is c1ccc(-c2ccccc2-c2ccc(N(c3ccc4c(c3)-c3ccccc3C43c4ccccc4-c4ccccc43)c3ccc4c5ccccc5c5ccccc5c4c3)cc2)cc1. The highest BCUT2D eigenvalue weighted by molar-refractivity contribution is 6.25. The molecule has 2 aliphatic carbocycles. The Bertz CT molecular complexity index is 3500. The molecule has 13 rings (SSSR count). The summed E-state index contributed by atoms with van der Waals surface area (Å²) in [7, 11) is 0. The third-order valence-corrected chi connectivity index (χ3v) is 13.7. The largest absolute Gasteiger partial charge is 0.310 e. The van der Waals surface area contributed by atoms with E-state index in [2.05, 4.69) is 241 Å². The maximum atomic E-state index is 2.46. The van der Waals surface area contributed by atoms with E-state index < -0.39 is 0 Å². The number of hydrogen-bond donors (Lipinski definition) is 0. The molecule has 288 valence electrons. The maximum Gasteiger partial charge on any atom is 0.0725 e. The van der Waals surface area contributed by atoms with Gasteiger partial charge >= 0.3 is 0 Å². The Morgan fingerprint density at radius 2 is 0.597 bits per heavy atom. The average Bonchev–Trinajstić information content (AvgIpc) is 3.82. The summed E-state index contributed by atoms with van der Waals surface area (Å²) in [5, 5.41) is 7.61. The van der Waals surface area contributed by atoms with Crippen LogP contribution in [-0.2, 0) is 5.41 Å². The minimum absolute atomic E-state index is 0.390. The zero-order chi connectivity index (χ0) is 40.8. The van der Waals surface area contributed by atoms with Crippen molar-refractivity contribution in [3.05, 3.63) is 259 Å². The third-order valence-electron chi connectivity index (χ3n) is 13.7. The van der Waals surface area contributed by atoms with E-state index in [1.807, 2.05) is 0 Å². The molecular weight excluding hydrogens is 747 g/mol. The minimum atomic E-state index is -0.390. The van der Waals surface area contributed by atoms with Crippen LogP contribution in [0.5, 0.6) is 0 Å². The van der Waals surface area contributed by atoms with E-state index in [4.69, 9.17) is 0 Å². The first kappa shape index (κ1) is 34.8. The third kappa shape index (κ3) is 4.91. The zero-order valence-corrected chi connectivity index (χ0v) is 34.0. The fraction of sp³-hybridized carbons (Fsp3) is 0.0164. The van der Waals surface area contributed by atoms with Crippen LogP contribution in [0.2, 0.25) is 0 Å². The first-order chi connectivity index (χ1) is 30.8. The molecule has 0 saturated carbocycles. The molecule has 2 aliphatic rings. The van der Waals surface area contributed by atoms with Crippen LogP contribution in [-0.4, -0.2) is 0 Å². The Kier molecular flexibility index (Phi) is 7.59. The second-order valence-electron chi connectivity index (χ2n) is 16.7. The lowest BCUT2D eigenvalue weighted by Gasteiger charge is -2.31. The fourth-order valence-corrected chi connectivity index (χ4v) is 11.1. The van der Waals surface area contributed by atoms with Gasteiger partial charge < -0.3 is 4.90 Å². The number of hydrogen-bond acceptors (Lipinski definition) is 1. The van der Waals surface area contributed by atoms with Crippen LogP contribution in [0, 0.1) is 0 Å². The van der Waals surface area contributed by atoms with Gasteiger partial charge in [0.05, 0.1) is 5.41 Å². The molecule has 0 saturated heterocycles. The van der Waals surface area contributed by atoms with Gasteiger partial charge in [-0.3, -0.25) is 0 Å². The topological polar surface area (TPSA) is 3.24 Å². The summed E-state index contributed by atoms with van der Waals surface area (Å²) in [6.07, 6.45) is 0. The Balaban J connectivity index is 1.04. The Hall–Kier alpha value is -8.00. The zero-order valence-electron chi connectivity index (χ0n) is 34.0. The molecule has 1 heteroatoms. The molecule has 0 unspecified atom stereocenters. The molecule has 1 nitrogen and oxygen atoms in total. The summed E-state index contributed by atoms with van der Waals surface area (Å²) in [4.78, 5) is 2.46. The van der Waals surface area contributed by atoms with E-state index in [0.717, 1.165) is 17.1 Å². The van der Waals surface area contributed by atoms with Crippen molar-refractivity contribution < 1.29 is 0 Å². The highest BCUT2D eigenvalue weighted by Crippen LogP contribution is 2.63. The van der Waals surface area contributed by atoms with Crippen LogP contribution in [0.25, 0.3) is 76.8 Å². The molecule has 11 aromatic rings. The van der Waals surface area contributed by atoms with Crippen LogP contribution >= 0.6 is 0 Å². The number of anilines is 3. The molecular formula is C61H39N. The maximum absolute atomic E-state index is 2.46. The second kappa shape index (κ2) is 13.5. The summed E-state index contributed by atoms with van der Waals surface area (Å²) in [5.74, 6) is 0. The van der Waals surface area contributed by atoms with Gasteiger partial charge in [0, 0.05) is 17.1 Å². The molecule has 0 aliphatic heterocycles. The first-order valence-electron chi connectivity index (χ1n) is 21.6. The van der Waals surface area contributed by atoms with Gasteiger partial charge in [-0.25, -0.2) is 0 Å². The molecule has 0 fully saturated rings. The summed E-state index contributed by atoms with van der Waals surface area (Å²) in [6.45, 7) is 0. The molecule has 11 aromatic carbocycles. The smallest absolute Gasteiger partial charge is 0.0725 e. The number of nitrogens with zero attached hydrogens (tertiary/aromatic N) is 1. The van der Waals surface area contributed by atoms with E-state index in [9.17, 15) is 0 Å². The van der Waals surface area contributed by atoms with E-state index in [-0.39, 0.29) is 5.41 Å². The second-order valence-corrected chi connectivity index (χ2v) is 16.7. The van der Waals surface area contributed by atoms with Crippen molar-refractivity contribution in [2.75, 3.05) is 4.90 Å². The van der Waals surface area contributed by atoms with Crippen molar-refractivity contribution in [1.29, 1.82) is 0 Å². The van der Waals surface area contributed by atoms with Gasteiger partial charge in [-0.15, -0.1) is 0 Å². The van der Waals surface area contributed by atoms with Crippen LogP contribution in [0.1, 0.15) is 22.3 Å². The van der Waals surface area contributed by atoms with Crippen molar-refractivity contribution >= 4 is 49.4 Å². The highest BCUT2D eigenvalue weighted by atomic mass is 15.1. The van der Waals surface area contributed by atoms with Gasteiger partial charge in [0.25, 0.3) is 0 Å². The lowest BCUT2D eigenvalue weighted by atomic mass is 9.70. The number of benzene rings is 11. The molecule has 0 bridgehead atoms. The molecule has 0 atom stereocenters. The van der Waals surface area contributed by atoms with Gasteiger partial charge in [-0.2, -0.15) is 0 Å². The summed E-state index contributed by atoms with van der Waals surface area (Å²) >= 11 is 0. The van der Waals surface area contributed by atoms with Crippen molar-refractivity contribution in [2.24, 2.45) is 0 Å². The molecule has 0 radical (unpaired) electrons. The fourth-order valence-electron chi connectivity index (χ4n) is 11.1. The molecule has 62 heavy (non-hydrogen) atoms. The van der Waals surface area contributed by atoms with Crippen molar-refractivity contribution in [2.45, 2.75) is 5.41 Å². The molecule has 0 amide bonds. The van der Waals surface area contributed by atoms with E-state index in [1.54, 1.807) is 0 Å². The van der Waals surface area contributed by atoms with Crippen molar-refractivity contribution in [1.82, 2.24) is 0 Å². The Morgan fingerprint density at radius 3 is 1.16 bits per heavy atom. The van der Waals surface area contributed by atoms with E-state index in [1.165, 1.54) is 99.1 Å².